The van der Waals surface area contributed by atoms with Gasteiger partial charge in [-0.2, -0.15) is 0 Å². The Morgan fingerprint density at radius 2 is 1.90 bits per heavy atom. The van der Waals surface area contributed by atoms with Gasteiger partial charge in [0, 0.05) is 6.04 Å². The van der Waals surface area contributed by atoms with Crippen LogP contribution in [-0.4, -0.2) is 22.9 Å². The van der Waals surface area contributed by atoms with E-state index < -0.39 is 0 Å². The molecule has 1 aromatic carbocycles. The smallest absolute Gasteiger partial charge is 0.241 e. The normalized spacial score (nSPS) is 26.6. The van der Waals surface area contributed by atoms with E-state index >= 15 is 0 Å². The molecule has 1 heterocycles. The van der Waals surface area contributed by atoms with Crippen molar-refractivity contribution in [3.63, 3.8) is 0 Å². The first-order valence-corrected chi connectivity index (χ1v) is 7.80. The molecule has 108 valence electrons. The van der Waals surface area contributed by atoms with Gasteiger partial charge < -0.3 is 4.90 Å². The van der Waals surface area contributed by atoms with E-state index in [-0.39, 0.29) is 18.1 Å². The van der Waals surface area contributed by atoms with Gasteiger partial charge in [-0.15, -0.1) is 0 Å². The summed E-state index contributed by atoms with van der Waals surface area (Å²) in [6.45, 7) is 6.48. The Balaban J connectivity index is 1.85. The number of nitrogens with zero attached hydrogens (tertiary/aromatic N) is 1. The van der Waals surface area contributed by atoms with Gasteiger partial charge in [-0.05, 0) is 36.3 Å². The third-order valence-corrected chi connectivity index (χ3v) is 4.46. The monoisotopic (exact) mass is 272 g/mol. The fourth-order valence-corrected chi connectivity index (χ4v) is 3.01. The van der Waals surface area contributed by atoms with Crippen molar-refractivity contribution in [2.24, 2.45) is 0 Å². The number of amides is 1. The quantitative estimate of drug-likeness (QED) is 0.913. The molecule has 2 fully saturated rings. The summed E-state index contributed by atoms with van der Waals surface area (Å²) < 4.78 is 0. The minimum atomic E-state index is -0.00891. The highest BCUT2D eigenvalue weighted by atomic mass is 16.2. The minimum Gasteiger partial charge on any atom is -0.319 e. The molecule has 2 aliphatic rings. The largest absolute Gasteiger partial charge is 0.319 e. The standard InChI is InChI=1S/C17H24N2O/c1-4-15-17(20)19(14-9-10-14)16(18-15)13-7-5-12(6-8-13)11(2)3/h5-8,11,14-16,18H,4,9-10H2,1-3H3. The Bertz CT molecular complexity index is 490. The van der Waals surface area contributed by atoms with Crippen molar-refractivity contribution in [3.8, 4) is 0 Å². The van der Waals surface area contributed by atoms with Crippen molar-refractivity contribution in [2.75, 3.05) is 0 Å². The molecule has 0 aromatic heterocycles. The predicted octanol–water partition coefficient (Wildman–Crippen LogP) is 3.18. The summed E-state index contributed by atoms with van der Waals surface area (Å²) in [4.78, 5) is 14.5. The number of nitrogens with one attached hydrogen (secondary N) is 1. The molecule has 2 unspecified atom stereocenters. The molecule has 1 amide bonds. The molecule has 1 aliphatic carbocycles. The fraction of sp³-hybridized carbons (Fsp3) is 0.588. The fourth-order valence-electron chi connectivity index (χ4n) is 3.01. The zero-order chi connectivity index (χ0) is 14.3. The van der Waals surface area contributed by atoms with Crippen molar-refractivity contribution >= 4 is 5.91 Å². The van der Waals surface area contributed by atoms with Crippen molar-refractivity contribution in [1.29, 1.82) is 0 Å². The Hall–Kier alpha value is -1.35. The van der Waals surface area contributed by atoms with Crippen molar-refractivity contribution in [1.82, 2.24) is 10.2 Å². The summed E-state index contributed by atoms with van der Waals surface area (Å²) >= 11 is 0. The van der Waals surface area contributed by atoms with E-state index in [9.17, 15) is 4.79 Å². The van der Waals surface area contributed by atoms with Crippen molar-refractivity contribution in [2.45, 2.75) is 64.2 Å². The number of carbonyl (C=O) groups excluding carboxylic acids is 1. The van der Waals surface area contributed by atoms with Gasteiger partial charge in [-0.3, -0.25) is 10.1 Å². The number of hydrogen-bond acceptors (Lipinski definition) is 2. The van der Waals surface area contributed by atoms with Crippen LogP contribution >= 0.6 is 0 Å². The Morgan fingerprint density at radius 3 is 2.40 bits per heavy atom. The maximum absolute atomic E-state index is 12.4. The third kappa shape index (κ3) is 2.35. The molecule has 0 bridgehead atoms. The number of hydrogen-bond donors (Lipinski definition) is 1. The lowest BCUT2D eigenvalue weighted by molar-refractivity contribution is -0.130. The van der Waals surface area contributed by atoms with Crippen LogP contribution in [0.5, 0.6) is 0 Å². The number of rotatable bonds is 4. The topological polar surface area (TPSA) is 32.3 Å². The average molecular weight is 272 g/mol. The molecule has 2 atom stereocenters. The van der Waals surface area contributed by atoms with E-state index in [1.54, 1.807) is 0 Å². The van der Waals surface area contributed by atoms with E-state index in [0.29, 0.717) is 12.0 Å². The maximum Gasteiger partial charge on any atom is 0.241 e. The van der Waals surface area contributed by atoms with Crippen LogP contribution in [0, 0.1) is 0 Å². The Morgan fingerprint density at radius 1 is 1.25 bits per heavy atom. The first-order chi connectivity index (χ1) is 9.61. The summed E-state index contributed by atoms with van der Waals surface area (Å²) in [6.07, 6.45) is 3.25. The van der Waals surface area contributed by atoms with Gasteiger partial charge in [0.1, 0.15) is 6.17 Å². The van der Waals surface area contributed by atoms with Crippen LogP contribution in [-0.2, 0) is 4.79 Å². The second-order valence-electron chi connectivity index (χ2n) is 6.33. The molecule has 3 nitrogen and oxygen atoms in total. The Labute approximate surface area is 121 Å². The molecule has 1 saturated heterocycles. The van der Waals surface area contributed by atoms with Crippen LogP contribution in [0.2, 0.25) is 0 Å². The van der Waals surface area contributed by atoms with E-state index in [0.717, 1.165) is 19.3 Å². The highest BCUT2D eigenvalue weighted by molar-refractivity contribution is 5.85. The molecule has 3 heteroatoms. The molecule has 0 radical (unpaired) electrons. The van der Waals surface area contributed by atoms with Crippen molar-refractivity contribution < 1.29 is 4.79 Å². The SMILES string of the molecule is CCC1NC(c2ccc(C(C)C)cc2)N(C2CC2)C1=O. The summed E-state index contributed by atoms with van der Waals surface area (Å²) in [5.74, 6) is 0.832. The molecule has 3 rings (SSSR count). The van der Waals surface area contributed by atoms with Gasteiger partial charge in [0.25, 0.3) is 0 Å². The van der Waals surface area contributed by atoms with Gasteiger partial charge in [0.05, 0.1) is 6.04 Å². The van der Waals surface area contributed by atoms with E-state index in [1.165, 1.54) is 11.1 Å². The minimum absolute atomic E-state index is 0.00891. The van der Waals surface area contributed by atoms with Gasteiger partial charge in [0.2, 0.25) is 5.91 Å². The highest BCUT2D eigenvalue weighted by Crippen LogP contribution is 2.37. The zero-order valence-electron chi connectivity index (χ0n) is 12.6. The summed E-state index contributed by atoms with van der Waals surface area (Å²) in [5.41, 5.74) is 2.56. The first-order valence-electron chi connectivity index (χ1n) is 7.80. The van der Waals surface area contributed by atoms with E-state index in [2.05, 4.69) is 55.3 Å². The first kappa shape index (κ1) is 13.6. The average Bonchev–Trinajstić information content (AvgIpc) is 3.22. The molecule has 1 aliphatic heterocycles. The van der Waals surface area contributed by atoms with Crippen LogP contribution in [0.4, 0.5) is 0 Å². The Kier molecular flexibility index (Phi) is 3.55. The third-order valence-electron chi connectivity index (χ3n) is 4.46. The summed E-state index contributed by atoms with van der Waals surface area (Å²) in [7, 11) is 0. The second kappa shape index (κ2) is 5.21. The van der Waals surface area contributed by atoms with E-state index in [1.807, 2.05) is 0 Å². The molecular weight excluding hydrogens is 248 g/mol. The van der Waals surface area contributed by atoms with Crippen LogP contribution in [0.25, 0.3) is 0 Å². The molecule has 1 N–H and O–H groups in total. The van der Waals surface area contributed by atoms with Crippen molar-refractivity contribution in [3.05, 3.63) is 35.4 Å². The van der Waals surface area contributed by atoms with Crippen LogP contribution in [0.3, 0.4) is 0 Å². The van der Waals surface area contributed by atoms with Crippen LogP contribution in [0.1, 0.15) is 63.2 Å². The molecule has 1 aromatic rings. The maximum atomic E-state index is 12.4. The number of benzene rings is 1. The molecular formula is C17H24N2O. The van der Waals surface area contributed by atoms with Gasteiger partial charge in [-0.25, -0.2) is 0 Å². The lowest BCUT2D eigenvalue weighted by Crippen LogP contribution is -2.32. The summed E-state index contributed by atoms with van der Waals surface area (Å²) in [6, 6.07) is 9.18. The van der Waals surface area contributed by atoms with Gasteiger partial charge in [0.15, 0.2) is 0 Å². The lowest BCUT2D eigenvalue weighted by Gasteiger charge is -2.24. The molecule has 1 saturated carbocycles. The number of carbonyl (C=O) groups is 1. The van der Waals surface area contributed by atoms with Gasteiger partial charge in [-0.1, -0.05) is 45.0 Å². The zero-order valence-corrected chi connectivity index (χ0v) is 12.6. The summed E-state index contributed by atoms with van der Waals surface area (Å²) in [5, 5.41) is 3.50. The highest BCUT2D eigenvalue weighted by Gasteiger charge is 2.45. The van der Waals surface area contributed by atoms with Gasteiger partial charge >= 0.3 is 0 Å². The molecule has 20 heavy (non-hydrogen) atoms. The predicted molar refractivity (Wildman–Crippen MR) is 80.4 cm³/mol. The van der Waals surface area contributed by atoms with Crippen LogP contribution in [0.15, 0.2) is 24.3 Å². The van der Waals surface area contributed by atoms with E-state index in [4.69, 9.17) is 0 Å². The molecule has 0 spiro atoms. The second-order valence-corrected chi connectivity index (χ2v) is 6.33. The lowest BCUT2D eigenvalue weighted by atomic mass is 10.0. The van der Waals surface area contributed by atoms with Crippen LogP contribution < -0.4 is 5.32 Å².